The van der Waals surface area contributed by atoms with Crippen LogP contribution in [0.5, 0.6) is 0 Å². The molecule has 1 aliphatic rings. The number of rotatable bonds is 2. The summed E-state index contributed by atoms with van der Waals surface area (Å²) in [6.07, 6.45) is 7.64. The summed E-state index contributed by atoms with van der Waals surface area (Å²) in [7, 11) is 1.85. The van der Waals surface area contributed by atoms with E-state index in [0.717, 1.165) is 0 Å². The lowest BCUT2D eigenvalue weighted by Gasteiger charge is -2.32. The van der Waals surface area contributed by atoms with Gasteiger partial charge in [0, 0.05) is 24.2 Å². The van der Waals surface area contributed by atoms with Gasteiger partial charge in [0.1, 0.15) is 0 Å². The molecule has 1 aromatic carbocycles. The minimum absolute atomic E-state index is 0.366. The third kappa shape index (κ3) is 2.18. The minimum Gasteiger partial charge on any atom is -0.379 e. The van der Waals surface area contributed by atoms with Gasteiger partial charge in [0.2, 0.25) is 0 Å². The molecular formula is C17H23NO. The number of benzene rings is 1. The summed E-state index contributed by atoms with van der Waals surface area (Å²) in [5.41, 5.74) is 4.08. The van der Waals surface area contributed by atoms with Crippen molar-refractivity contribution in [3.05, 3.63) is 35.5 Å². The van der Waals surface area contributed by atoms with Crippen molar-refractivity contribution in [1.29, 1.82) is 0 Å². The summed E-state index contributed by atoms with van der Waals surface area (Å²) < 4.78 is 8.16. The Balaban J connectivity index is 2.09. The van der Waals surface area contributed by atoms with Gasteiger partial charge in [-0.2, -0.15) is 0 Å². The zero-order valence-electron chi connectivity index (χ0n) is 12.1. The van der Waals surface area contributed by atoms with E-state index in [0.29, 0.717) is 12.1 Å². The predicted octanol–water partition coefficient (Wildman–Crippen LogP) is 4.39. The van der Waals surface area contributed by atoms with Crippen LogP contribution in [0.2, 0.25) is 0 Å². The molecular weight excluding hydrogens is 234 g/mol. The first-order valence-corrected chi connectivity index (χ1v) is 7.31. The number of ether oxygens (including phenoxy) is 1. The lowest BCUT2D eigenvalue weighted by molar-refractivity contribution is 0.0305. The standard InChI is InChI=1S/C17H23NO/c1-12-10-13(2)14-8-9-18(16(14)11-12)15-6-4-5-7-17(15)19-3/h8-11,15,17H,4-7H2,1-3H3. The van der Waals surface area contributed by atoms with Gasteiger partial charge >= 0.3 is 0 Å². The maximum Gasteiger partial charge on any atom is 0.0778 e. The number of aryl methyl sites for hydroxylation is 2. The summed E-state index contributed by atoms with van der Waals surface area (Å²) >= 11 is 0. The fourth-order valence-corrected chi connectivity index (χ4v) is 3.58. The van der Waals surface area contributed by atoms with Gasteiger partial charge in [-0.05, 0) is 49.9 Å². The van der Waals surface area contributed by atoms with Gasteiger partial charge in [-0.15, -0.1) is 0 Å². The van der Waals surface area contributed by atoms with Crippen LogP contribution in [0, 0.1) is 13.8 Å². The van der Waals surface area contributed by atoms with Crippen LogP contribution in [0.3, 0.4) is 0 Å². The average Bonchev–Trinajstić information content (AvgIpc) is 2.82. The molecule has 2 heteroatoms. The topological polar surface area (TPSA) is 14.2 Å². The fourth-order valence-electron chi connectivity index (χ4n) is 3.58. The molecule has 1 saturated carbocycles. The van der Waals surface area contributed by atoms with Crippen molar-refractivity contribution < 1.29 is 4.74 Å². The van der Waals surface area contributed by atoms with E-state index in [9.17, 15) is 0 Å². The van der Waals surface area contributed by atoms with Crippen molar-refractivity contribution in [2.75, 3.05) is 7.11 Å². The highest BCUT2D eigenvalue weighted by Gasteiger charge is 2.27. The summed E-state index contributed by atoms with van der Waals surface area (Å²) in [5.74, 6) is 0. The van der Waals surface area contributed by atoms with Crippen molar-refractivity contribution in [2.45, 2.75) is 51.7 Å². The van der Waals surface area contributed by atoms with Crippen molar-refractivity contribution in [3.8, 4) is 0 Å². The second-order valence-corrected chi connectivity index (χ2v) is 5.86. The van der Waals surface area contributed by atoms with Crippen LogP contribution in [0.15, 0.2) is 24.4 Å². The Kier molecular flexibility index (Phi) is 3.36. The third-order valence-corrected chi connectivity index (χ3v) is 4.52. The Hall–Kier alpha value is -1.28. The smallest absolute Gasteiger partial charge is 0.0778 e. The average molecular weight is 257 g/mol. The molecule has 1 heterocycles. The van der Waals surface area contributed by atoms with Crippen molar-refractivity contribution in [3.63, 3.8) is 0 Å². The van der Waals surface area contributed by atoms with Crippen LogP contribution in [-0.2, 0) is 4.74 Å². The number of hydrogen-bond acceptors (Lipinski definition) is 1. The summed E-state index contributed by atoms with van der Waals surface area (Å²) in [6.45, 7) is 4.38. The van der Waals surface area contributed by atoms with Gasteiger partial charge in [0.05, 0.1) is 12.1 Å². The van der Waals surface area contributed by atoms with E-state index in [1.807, 2.05) is 7.11 Å². The Morgan fingerprint density at radius 1 is 1.16 bits per heavy atom. The Labute approximate surface area is 115 Å². The molecule has 1 aliphatic carbocycles. The lowest BCUT2D eigenvalue weighted by atomic mass is 9.92. The van der Waals surface area contributed by atoms with Crippen LogP contribution in [-0.4, -0.2) is 17.8 Å². The molecule has 3 rings (SSSR count). The van der Waals surface area contributed by atoms with E-state index in [4.69, 9.17) is 4.74 Å². The van der Waals surface area contributed by atoms with E-state index in [2.05, 4.69) is 42.8 Å². The van der Waals surface area contributed by atoms with Crippen molar-refractivity contribution >= 4 is 10.9 Å². The molecule has 0 radical (unpaired) electrons. The Bertz CT molecular complexity index is 584. The second-order valence-electron chi connectivity index (χ2n) is 5.86. The number of fused-ring (bicyclic) bond motifs is 1. The van der Waals surface area contributed by atoms with Gasteiger partial charge in [-0.3, -0.25) is 0 Å². The summed E-state index contributed by atoms with van der Waals surface area (Å²) in [4.78, 5) is 0. The molecule has 1 aromatic heterocycles. The normalized spacial score (nSPS) is 23.9. The number of nitrogens with zero attached hydrogens (tertiary/aromatic N) is 1. The predicted molar refractivity (Wildman–Crippen MR) is 79.7 cm³/mol. The highest BCUT2D eigenvalue weighted by atomic mass is 16.5. The number of aromatic nitrogens is 1. The summed E-state index contributed by atoms with van der Waals surface area (Å²) in [5, 5.41) is 1.38. The molecule has 0 saturated heterocycles. The van der Waals surface area contributed by atoms with Gasteiger partial charge < -0.3 is 9.30 Å². The highest BCUT2D eigenvalue weighted by Crippen LogP contribution is 2.34. The van der Waals surface area contributed by atoms with Crippen LogP contribution in [0.1, 0.15) is 42.9 Å². The molecule has 19 heavy (non-hydrogen) atoms. The molecule has 102 valence electrons. The first kappa shape index (κ1) is 12.7. The van der Waals surface area contributed by atoms with E-state index < -0.39 is 0 Å². The summed E-state index contributed by atoms with van der Waals surface area (Å²) in [6, 6.07) is 7.33. The number of methoxy groups -OCH3 is 1. The largest absolute Gasteiger partial charge is 0.379 e. The molecule has 2 aromatic rings. The van der Waals surface area contributed by atoms with Gasteiger partial charge in [-0.1, -0.05) is 18.9 Å². The first-order valence-electron chi connectivity index (χ1n) is 7.31. The highest BCUT2D eigenvalue weighted by molar-refractivity contribution is 5.84. The van der Waals surface area contributed by atoms with Gasteiger partial charge in [0.15, 0.2) is 0 Å². The fraction of sp³-hybridized carbons (Fsp3) is 0.529. The van der Waals surface area contributed by atoms with Crippen LogP contribution in [0.25, 0.3) is 10.9 Å². The van der Waals surface area contributed by atoms with E-state index in [-0.39, 0.29) is 0 Å². The zero-order valence-corrected chi connectivity index (χ0v) is 12.1. The maximum atomic E-state index is 5.72. The minimum atomic E-state index is 0.366. The van der Waals surface area contributed by atoms with Crippen LogP contribution < -0.4 is 0 Å². The van der Waals surface area contributed by atoms with Crippen LogP contribution >= 0.6 is 0 Å². The Morgan fingerprint density at radius 2 is 1.95 bits per heavy atom. The first-order chi connectivity index (χ1) is 9.20. The molecule has 2 atom stereocenters. The molecule has 0 spiro atoms. The maximum absolute atomic E-state index is 5.72. The lowest BCUT2D eigenvalue weighted by Crippen LogP contribution is -2.28. The SMILES string of the molecule is COC1CCCCC1n1ccc2c(C)cc(C)cc21. The van der Waals surface area contributed by atoms with E-state index >= 15 is 0 Å². The third-order valence-electron chi connectivity index (χ3n) is 4.52. The number of hydrogen-bond donors (Lipinski definition) is 0. The van der Waals surface area contributed by atoms with E-state index in [1.54, 1.807) is 0 Å². The quantitative estimate of drug-likeness (QED) is 0.778. The second kappa shape index (κ2) is 5.01. The van der Waals surface area contributed by atoms with Crippen molar-refractivity contribution in [1.82, 2.24) is 4.57 Å². The van der Waals surface area contributed by atoms with E-state index in [1.165, 1.54) is 47.7 Å². The van der Waals surface area contributed by atoms with Crippen LogP contribution in [0.4, 0.5) is 0 Å². The molecule has 1 fully saturated rings. The molecule has 2 nitrogen and oxygen atoms in total. The van der Waals surface area contributed by atoms with Gasteiger partial charge in [0.25, 0.3) is 0 Å². The van der Waals surface area contributed by atoms with Crippen molar-refractivity contribution in [2.24, 2.45) is 0 Å². The molecule has 0 bridgehead atoms. The Morgan fingerprint density at radius 3 is 2.74 bits per heavy atom. The molecule has 0 amide bonds. The monoisotopic (exact) mass is 257 g/mol. The van der Waals surface area contributed by atoms with Gasteiger partial charge in [-0.25, -0.2) is 0 Å². The zero-order chi connectivity index (χ0) is 13.4. The molecule has 0 aliphatic heterocycles. The molecule has 0 N–H and O–H groups in total. The molecule has 2 unspecified atom stereocenters.